The predicted octanol–water partition coefficient (Wildman–Crippen LogP) is 7.02. The fourth-order valence-corrected chi connectivity index (χ4v) is 5.90. The standard InChI is InChI=1S/C32H37BrF5N5O4/c1-29(2,3)47-28(46)39-16-19-7-9-21(10-8-19)26(45)43-30(18-44,15-20-5-4-6-22(33)13-20)17-40-23-11-12-24-25(14-23)42-27(41-24)31(34,35)32(36,37)38/h4-6,11-14,18-19,21,40H,7-10,15-17H2,1-3H3,(H,39,46)(H,41,42)(H,43,45). The van der Waals surface area contributed by atoms with Crippen LogP contribution >= 0.6 is 15.9 Å². The Bertz CT molecular complexity index is 1580. The van der Waals surface area contributed by atoms with Crippen molar-refractivity contribution in [3.05, 3.63) is 58.3 Å². The lowest BCUT2D eigenvalue weighted by atomic mass is 9.80. The summed E-state index contributed by atoms with van der Waals surface area (Å²) in [5.41, 5.74) is -1.18. The van der Waals surface area contributed by atoms with Gasteiger partial charge >= 0.3 is 18.2 Å². The van der Waals surface area contributed by atoms with E-state index in [1.165, 1.54) is 18.2 Å². The highest BCUT2D eigenvalue weighted by Crippen LogP contribution is 2.43. The normalized spacial score (nSPS) is 18.7. The molecule has 1 atom stereocenters. The zero-order valence-corrected chi connectivity index (χ0v) is 27.7. The summed E-state index contributed by atoms with van der Waals surface area (Å²) in [6, 6.07) is 11.2. The summed E-state index contributed by atoms with van der Waals surface area (Å²) in [6.45, 7) is 5.64. The highest BCUT2D eigenvalue weighted by molar-refractivity contribution is 9.10. The number of carbonyl (C=O) groups excluding carboxylic acids is 3. The summed E-state index contributed by atoms with van der Waals surface area (Å²) in [4.78, 5) is 43.8. The number of aromatic amines is 1. The molecule has 1 heterocycles. The van der Waals surface area contributed by atoms with Gasteiger partial charge in [0.05, 0.1) is 11.0 Å². The van der Waals surface area contributed by atoms with Gasteiger partial charge in [-0.05, 0) is 88.3 Å². The van der Waals surface area contributed by atoms with Crippen LogP contribution in [0.25, 0.3) is 11.0 Å². The van der Waals surface area contributed by atoms with E-state index in [1.807, 2.05) is 17.1 Å². The molecule has 0 aliphatic heterocycles. The third-order valence-electron chi connectivity index (χ3n) is 7.90. The number of rotatable bonds is 11. The van der Waals surface area contributed by atoms with Gasteiger partial charge in [-0.1, -0.05) is 28.1 Å². The molecule has 15 heteroatoms. The molecular weight excluding hydrogens is 693 g/mol. The Labute approximate surface area is 276 Å². The van der Waals surface area contributed by atoms with Crippen LogP contribution in [-0.4, -0.2) is 58.7 Å². The van der Waals surface area contributed by atoms with Crippen molar-refractivity contribution >= 4 is 50.9 Å². The van der Waals surface area contributed by atoms with Crippen molar-refractivity contribution in [2.75, 3.05) is 18.4 Å². The summed E-state index contributed by atoms with van der Waals surface area (Å²) < 4.78 is 72.4. The Kier molecular flexibility index (Phi) is 10.9. The number of carbonyl (C=O) groups is 3. The second-order valence-corrected chi connectivity index (χ2v) is 13.8. The first kappa shape index (κ1) is 36.1. The molecule has 0 bridgehead atoms. The molecule has 1 aliphatic carbocycles. The van der Waals surface area contributed by atoms with Gasteiger partial charge < -0.3 is 30.5 Å². The van der Waals surface area contributed by atoms with Gasteiger partial charge in [0, 0.05) is 35.6 Å². The number of aromatic nitrogens is 2. The van der Waals surface area contributed by atoms with Crippen LogP contribution in [0.1, 0.15) is 57.8 Å². The number of anilines is 1. The minimum Gasteiger partial charge on any atom is -0.444 e. The van der Waals surface area contributed by atoms with Gasteiger partial charge in [0.25, 0.3) is 0 Å². The fourth-order valence-electron chi connectivity index (χ4n) is 5.46. The molecule has 2 aromatic carbocycles. The van der Waals surface area contributed by atoms with Crippen LogP contribution in [-0.2, 0) is 26.7 Å². The largest absolute Gasteiger partial charge is 0.461 e. The molecule has 1 saturated carbocycles. The van der Waals surface area contributed by atoms with E-state index < -0.39 is 35.2 Å². The van der Waals surface area contributed by atoms with Gasteiger partial charge in [0.2, 0.25) is 5.91 Å². The molecule has 4 rings (SSSR count). The molecule has 256 valence electrons. The van der Waals surface area contributed by atoms with Gasteiger partial charge in [-0.2, -0.15) is 22.0 Å². The molecule has 9 nitrogen and oxygen atoms in total. The SMILES string of the molecule is CC(C)(C)OC(=O)NCC1CCC(C(=O)NC(C=O)(CNc2ccc3nc(C(F)(F)C(F)(F)F)[nH]c3c2)Cc2cccc(Br)c2)CC1. The first-order valence-electron chi connectivity index (χ1n) is 15.1. The van der Waals surface area contributed by atoms with Crippen molar-refractivity contribution in [3.8, 4) is 0 Å². The zero-order chi connectivity index (χ0) is 34.6. The van der Waals surface area contributed by atoms with Crippen LogP contribution < -0.4 is 16.0 Å². The lowest BCUT2D eigenvalue weighted by molar-refractivity contribution is -0.292. The van der Waals surface area contributed by atoms with E-state index in [-0.39, 0.29) is 41.7 Å². The van der Waals surface area contributed by atoms with Crippen LogP contribution in [0.2, 0.25) is 0 Å². The van der Waals surface area contributed by atoms with Gasteiger partial charge in [0.15, 0.2) is 5.82 Å². The molecule has 0 saturated heterocycles. The van der Waals surface area contributed by atoms with E-state index in [1.54, 1.807) is 32.9 Å². The smallest absolute Gasteiger partial charge is 0.444 e. The van der Waals surface area contributed by atoms with E-state index in [4.69, 9.17) is 4.74 Å². The summed E-state index contributed by atoms with van der Waals surface area (Å²) in [5.74, 6) is -7.22. The van der Waals surface area contributed by atoms with Crippen molar-refractivity contribution in [2.24, 2.45) is 11.8 Å². The highest BCUT2D eigenvalue weighted by Gasteiger charge is 2.61. The van der Waals surface area contributed by atoms with E-state index in [2.05, 4.69) is 36.9 Å². The molecule has 4 N–H and O–H groups in total. The quantitative estimate of drug-likeness (QED) is 0.124. The Balaban J connectivity index is 1.46. The van der Waals surface area contributed by atoms with Crippen LogP contribution in [0.5, 0.6) is 0 Å². The molecule has 1 aliphatic rings. The monoisotopic (exact) mass is 729 g/mol. The molecule has 2 amide bonds. The second-order valence-electron chi connectivity index (χ2n) is 12.9. The second kappa shape index (κ2) is 14.2. The molecule has 1 unspecified atom stereocenters. The number of alkyl halides is 5. The van der Waals surface area contributed by atoms with Gasteiger partial charge in [-0.25, -0.2) is 9.78 Å². The van der Waals surface area contributed by atoms with Crippen molar-refractivity contribution in [1.29, 1.82) is 0 Å². The summed E-state index contributed by atoms with van der Waals surface area (Å²) in [7, 11) is 0. The van der Waals surface area contributed by atoms with Gasteiger partial charge in [-0.3, -0.25) is 4.79 Å². The number of benzene rings is 2. The number of nitrogens with one attached hydrogen (secondary N) is 4. The average molecular weight is 731 g/mol. The molecular formula is C32H37BrF5N5O4. The third-order valence-corrected chi connectivity index (χ3v) is 8.39. The molecule has 1 aromatic heterocycles. The maximum atomic E-state index is 13.9. The molecule has 3 aromatic rings. The molecule has 1 fully saturated rings. The Morgan fingerprint density at radius 2 is 1.74 bits per heavy atom. The molecule has 0 radical (unpaired) electrons. The number of aldehydes is 1. The molecule has 0 spiro atoms. The number of nitrogens with zero attached hydrogens (tertiary/aromatic N) is 1. The summed E-state index contributed by atoms with van der Waals surface area (Å²) >= 11 is 3.41. The zero-order valence-electron chi connectivity index (χ0n) is 26.1. The first-order chi connectivity index (χ1) is 21.9. The topological polar surface area (TPSA) is 125 Å². The average Bonchev–Trinajstić information content (AvgIpc) is 3.42. The maximum absolute atomic E-state index is 13.9. The minimum atomic E-state index is -5.83. The Hall–Kier alpha value is -3.75. The van der Waals surface area contributed by atoms with Crippen LogP contribution in [0.4, 0.5) is 32.4 Å². The van der Waals surface area contributed by atoms with Crippen LogP contribution in [0.3, 0.4) is 0 Å². The fraction of sp³-hybridized carbons (Fsp3) is 0.500. The van der Waals surface area contributed by atoms with Crippen LogP contribution in [0, 0.1) is 11.8 Å². The van der Waals surface area contributed by atoms with E-state index in [0.29, 0.717) is 44.2 Å². The van der Waals surface area contributed by atoms with Crippen LogP contribution in [0.15, 0.2) is 46.9 Å². The number of halogens is 6. The van der Waals surface area contributed by atoms with E-state index >= 15 is 0 Å². The van der Waals surface area contributed by atoms with Gasteiger partial charge in [-0.15, -0.1) is 0 Å². The number of hydrogen-bond donors (Lipinski definition) is 4. The number of ether oxygens (including phenoxy) is 1. The Morgan fingerprint density at radius 1 is 1.04 bits per heavy atom. The van der Waals surface area contributed by atoms with Crippen molar-refractivity contribution in [1.82, 2.24) is 20.6 Å². The number of alkyl carbamates (subject to hydrolysis) is 1. The van der Waals surface area contributed by atoms with E-state index in [9.17, 15) is 36.3 Å². The summed E-state index contributed by atoms with van der Waals surface area (Å²) in [5, 5.41) is 8.75. The third kappa shape index (κ3) is 9.42. The minimum absolute atomic E-state index is 0.0698. The highest BCUT2D eigenvalue weighted by atomic mass is 79.9. The van der Waals surface area contributed by atoms with Crippen molar-refractivity contribution in [2.45, 2.75) is 76.1 Å². The number of amides is 2. The number of fused-ring (bicyclic) bond motifs is 1. The lowest BCUT2D eigenvalue weighted by Gasteiger charge is -2.34. The summed E-state index contributed by atoms with van der Waals surface area (Å²) in [6.07, 6.45) is -3.10. The lowest BCUT2D eigenvalue weighted by Crippen LogP contribution is -2.57. The predicted molar refractivity (Wildman–Crippen MR) is 169 cm³/mol. The number of imidazole rings is 1. The first-order valence-corrected chi connectivity index (χ1v) is 15.9. The van der Waals surface area contributed by atoms with Crippen molar-refractivity contribution < 1.29 is 41.1 Å². The maximum Gasteiger partial charge on any atom is 0.461 e. The van der Waals surface area contributed by atoms with E-state index in [0.717, 1.165) is 10.0 Å². The van der Waals surface area contributed by atoms with Crippen molar-refractivity contribution in [3.63, 3.8) is 0 Å². The number of H-pyrrole nitrogens is 1. The Morgan fingerprint density at radius 3 is 2.36 bits per heavy atom. The number of hydrogen-bond acceptors (Lipinski definition) is 6. The van der Waals surface area contributed by atoms with Gasteiger partial charge in [0.1, 0.15) is 17.4 Å². The molecule has 47 heavy (non-hydrogen) atoms.